The van der Waals surface area contributed by atoms with Gasteiger partial charge in [-0.15, -0.1) is 24.8 Å². The van der Waals surface area contributed by atoms with Gasteiger partial charge in [0.15, 0.2) is 0 Å². The molecule has 0 unspecified atom stereocenters. The lowest BCUT2D eigenvalue weighted by atomic mass is 9.79. The van der Waals surface area contributed by atoms with Gasteiger partial charge in [0, 0.05) is 42.4 Å². The van der Waals surface area contributed by atoms with Crippen molar-refractivity contribution >= 4 is 36.5 Å². The van der Waals surface area contributed by atoms with E-state index in [2.05, 4.69) is 20.6 Å². The number of halogens is 3. The number of nitrogens with zero attached hydrogens (tertiary/aromatic N) is 2. The van der Waals surface area contributed by atoms with E-state index in [-0.39, 0.29) is 42.6 Å². The molecule has 1 aliphatic carbocycles. The average molecular weight is 402 g/mol. The quantitative estimate of drug-likeness (QED) is 0.646. The van der Waals surface area contributed by atoms with Crippen LogP contribution in [-0.2, 0) is 0 Å². The van der Waals surface area contributed by atoms with Gasteiger partial charge in [0.2, 0.25) is 0 Å². The molecule has 4 N–H and O–H groups in total. The molecular formula is C17H22Cl2FN5O. The van der Waals surface area contributed by atoms with E-state index in [0.29, 0.717) is 24.6 Å². The Morgan fingerprint density at radius 1 is 1.15 bits per heavy atom. The minimum Gasteiger partial charge on any atom is -0.368 e. The molecule has 0 radical (unpaired) electrons. The maximum Gasteiger partial charge on any atom is 0.251 e. The van der Waals surface area contributed by atoms with Crippen LogP contribution in [0.1, 0.15) is 34.8 Å². The Kier molecular flexibility index (Phi) is 8.71. The van der Waals surface area contributed by atoms with Crippen molar-refractivity contribution in [1.29, 1.82) is 0 Å². The van der Waals surface area contributed by atoms with Crippen LogP contribution in [0.15, 0.2) is 36.7 Å². The number of rotatable bonds is 6. The van der Waals surface area contributed by atoms with Gasteiger partial charge < -0.3 is 16.4 Å². The Morgan fingerprint density at radius 2 is 1.85 bits per heavy atom. The molecule has 2 aromatic rings. The van der Waals surface area contributed by atoms with Crippen molar-refractivity contribution in [2.75, 3.05) is 18.4 Å². The molecule has 1 saturated carbocycles. The van der Waals surface area contributed by atoms with E-state index in [0.717, 1.165) is 24.4 Å². The Labute approximate surface area is 164 Å². The van der Waals surface area contributed by atoms with Crippen LogP contribution in [0.25, 0.3) is 0 Å². The predicted octanol–water partition coefficient (Wildman–Crippen LogP) is 2.51. The second-order valence-corrected chi connectivity index (χ2v) is 5.95. The fourth-order valence-electron chi connectivity index (χ4n) is 2.67. The third-order valence-electron chi connectivity index (χ3n) is 4.10. The summed E-state index contributed by atoms with van der Waals surface area (Å²) < 4.78 is 12.8. The lowest BCUT2D eigenvalue weighted by molar-refractivity contribution is 0.0955. The van der Waals surface area contributed by atoms with Crippen molar-refractivity contribution in [2.45, 2.75) is 24.8 Å². The molecule has 6 nitrogen and oxygen atoms in total. The van der Waals surface area contributed by atoms with Crippen molar-refractivity contribution in [3.05, 3.63) is 53.7 Å². The highest BCUT2D eigenvalue weighted by atomic mass is 35.5. The molecule has 26 heavy (non-hydrogen) atoms. The van der Waals surface area contributed by atoms with Gasteiger partial charge in [-0.25, -0.2) is 14.4 Å². The Morgan fingerprint density at radius 3 is 2.50 bits per heavy atom. The summed E-state index contributed by atoms with van der Waals surface area (Å²) in [6, 6.07) is 7.65. The topological polar surface area (TPSA) is 92.9 Å². The number of hydrogen-bond donors (Lipinski definition) is 3. The number of benzene rings is 1. The second kappa shape index (κ2) is 10.3. The first-order valence-electron chi connectivity index (χ1n) is 7.97. The van der Waals surface area contributed by atoms with Crippen molar-refractivity contribution < 1.29 is 9.18 Å². The number of amides is 1. The summed E-state index contributed by atoms with van der Waals surface area (Å²) in [5.74, 6) is 0.557. The summed E-state index contributed by atoms with van der Waals surface area (Å²) in [7, 11) is 0. The van der Waals surface area contributed by atoms with E-state index in [1.54, 1.807) is 6.33 Å². The molecule has 142 valence electrons. The second-order valence-electron chi connectivity index (χ2n) is 5.95. The Balaban J connectivity index is 0.00000169. The first-order chi connectivity index (χ1) is 11.6. The molecule has 1 fully saturated rings. The molecule has 3 rings (SSSR count). The van der Waals surface area contributed by atoms with E-state index >= 15 is 0 Å². The van der Waals surface area contributed by atoms with Crippen LogP contribution in [0.3, 0.4) is 0 Å². The zero-order valence-corrected chi connectivity index (χ0v) is 15.7. The van der Waals surface area contributed by atoms with Gasteiger partial charge in [-0.05, 0) is 37.1 Å². The SMILES string of the molecule is Cl.Cl.NC1CC(c2cc(NCCNC(=O)c3ccc(F)cc3)ncn2)C1. The Hall–Kier alpha value is -1.96. The van der Waals surface area contributed by atoms with Gasteiger partial charge in [-0.1, -0.05) is 0 Å². The number of carbonyl (C=O) groups excluding carboxylic acids is 1. The average Bonchev–Trinajstić information content (AvgIpc) is 2.56. The van der Waals surface area contributed by atoms with Crippen LogP contribution in [0.5, 0.6) is 0 Å². The molecule has 0 saturated heterocycles. The van der Waals surface area contributed by atoms with E-state index in [9.17, 15) is 9.18 Å². The summed E-state index contributed by atoms with van der Waals surface area (Å²) in [6.07, 6.45) is 3.47. The molecular weight excluding hydrogens is 380 g/mol. The van der Waals surface area contributed by atoms with E-state index in [4.69, 9.17) is 5.73 Å². The first kappa shape index (κ1) is 22.1. The highest BCUT2D eigenvalue weighted by Gasteiger charge is 2.28. The summed E-state index contributed by atoms with van der Waals surface area (Å²) in [4.78, 5) is 20.4. The molecule has 1 amide bonds. The molecule has 0 spiro atoms. The third-order valence-corrected chi connectivity index (χ3v) is 4.10. The fraction of sp³-hybridized carbons (Fsp3) is 0.353. The van der Waals surface area contributed by atoms with Gasteiger partial charge in [0.1, 0.15) is 18.0 Å². The fourth-order valence-corrected chi connectivity index (χ4v) is 2.67. The molecule has 1 heterocycles. The number of carbonyl (C=O) groups is 1. The van der Waals surface area contributed by atoms with Crippen LogP contribution in [0.2, 0.25) is 0 Å². The Bertz CT molecular complexity index is 711. The van der Waals surface area contributed by atoms with Crippen LogP contribution in [0.4, 0.5) is 10.2 Å². The minimum absolute atomic E-state index is 0. The maximum absolute atomic E-state index is 12.8. The summed E-state index contributed by atoms with van der Waals surface area (Å²) in [5, 5.41) is 5.93. The summed E-state index contributed by atoms with van der Waals surface area (Å²) in [6.45, 7) is 0.970. The highest BCUT2D eigenvalue weighted by Crippen LogP contribution is 2.34. The number of hydrogen-bond acceptors (Lipinski definition) is 5. The van der Waals surface area contributed by atoms with Crippen LogP contribution in [0, 0.1) is 5.82 Å². The lowest BCUT2D eigenvalue weighted by Crippen LogP contribution is -2.35. The van der Waals surface area contributed by atoms with Gasteiger partial charge in [-0.3, -0.25) is 4.79 Å². The maximum atomic E-state index is 12.8. The zero-order chi connectivity index (χ0) is 16.9. The van der Waals surface area contributed by atoms with Crippen LogP contribution in [-0.4, -0.2) is 35.0 Å². The molecule has 9 heteroatoms. The van der Waals surface area contributed by atoms with Crippen molar-refractivity contribution in [3.8, 4) is 0 Å². The normalized spacial score (nSPS) is 17.9. The van der Waals surface area contributed by atoms with Crippen LogP contribution < -0.4 is 16.4 Å². The van der Waals surface area contributed by atoms with Gasteiger partial charge in [0.25, 0.3) is 5.91 Å². The minimum atomic E-state index is -0.361. The van der Waals surface area contributed by atoms with Crippen molar-refractivity contribution in [1.82, 2.24) is 15.3 Å². The molecule has 0 bridgehead atoms. The summed E-state index contributed by atoms with van der Waals surface area (Å²) >= 11 is 0. The lowest BCUT2D eigenvalue weighted by Gasteiger charge is -2.31. The van der Waals surface area contributed by atoms with Crippen molar-refractivity contribution in [2.24, 2.45) is 5.73 Å². The smallest absolute Gasteiger partial charge is 0.251 e. The molecule has 1 aliphatic rings. The number of nitrogens with two attached hydrogens (primary N) is 1. The first-order valence-corrected chi connectivity index (χ1v) is 7.97. The molecule has 0 atom stereocenters. The van der Waals surface area contributed by atoms with E-state index < -0.39 is 0 Å². The van der Waals surface area contributed by atoms with Gasteiger partial charge in [-0.2, -0.15) is 0 Å². The standard InChI is InChI=1S/C17H20FN5O.2ClH/c18-13-3-1-11(2-4-13)17(24)21-6-5-20-16-9-15(22-10-23-16)12-7-14(19)8-12;;/h1-4,9-10,12,14H,5-8,19H2,(H,21,24)(H,20,22,23);2*1H. The zero-order valence-electron chi connectivity index (χ0n) is 14.0. The molecule has 1 aromatic carbocycles. The monoisotopic (exact) mass is 401 g/mol. The molecule has 0 aliphatic heterocycles. The number of anilines is 1. The highest BCUT2D eigenvalue weighted by molar-refractivity contribution is 5.94. The van der Waals surface area contributed by atoms with Crippen LogP contribution >= 0.6 is 24.8 Å². The van der Waals surface area contributed by atoms with E-state index in [1.807, 2.05) is 6.07 Å². The number of nitrogens with one attached hydrogen (secondary N) is 2. The van der Waals surface area contributed by atoms with Gasteiger partial charge in [0.05, 0.1) is 0 Å². The summed E-state index contributed by atoms with van der Waals surface area (Å²) in [5.41, 5.74) is 7.24. The van der Waals surface area contributed by atoms with E-state index in [1.165, 1.54) is 24.3 Å². The molecule has 1 aromatic heterocycles. The number of aromatic nitrogens is 2. The predicted molar refractivity (Wildman–Crippen MR) is 104 cm³/mol. The third kappa shape index (κ3) is 5.79. The van der Waals surface area contributed by atoms with Gasteiger partial charge >= 0.3 is 0 Å². The largest absolute Gasteiger partial charge is 0.368 e. The van der Waals surface area contributed by atoms with Crippen molar-refractivity contribution in [3.63, 3.8) is 0 Å².